The summed E-state index contributed by atoms with van der Waals surface area (Å²) in [5.41, 5.74) is 5.40. The van der Waals surface area contributed by atoms with E-state index in [9.17, 15) is 5.11 Å². The molecule has 6 rings (SSSR count). The fourth-order valence-corrected chi connectivity index (χ4v) is 4.43. The van der Waals surface area contributed by atoms with Crippen molar-refractivity contribution in [2.45, 2.75) is 25.4 Å². The van der Waals surface area contributed by atoms with E-state index in [2.05, 4.69) is 66.9 Å². The lowest BCUT2D eigenvalue weighted by Crippen LogP contribution is -2.42. The van der Waals surface area contributed by atoms with Crippen LogP contribution in [0.3, 0.4) is 0 Å². The molecule has 1 saturated heterocycles. The van der Waals surface area contributed by atoms with Crippen LogP contribution in [0.25, 0.3) is 27.7 Å². The second-order valence-corrected chi connectivity index (χ2v) is 8.98. The van der Waals surface area contributed by atoms with Crippen molar-refractivity contribution in [1.29, 1.82) is 0 Å². The lowest BCUT2D eigenvalue weighted by Gasteiger charge is -2.37. The molecule has 1 aliphatic heterocycles. The van der Waals surface area contributed by atoms with Gasteiger partial charge in [-0.3, -0.25) is 5.10 Å². The maximum atomic E-state index is 10.2. The van der Waals surface area contributed by atoms with E-state index in [1.807, 2.05) is 36.0 Å². The van der Waals surface area contributed by atoms with Crippen molar-refractivity contribution in [2.24, 2.45) is 0 Å². The molecule has 0 unspecified atom stereocenters. The molecule has 1 aliphatic rings. The van der Waals surface area contributed by atoms with Gasteiger partial charge in [-0.1, -0.05) is 12.1 Å². The van der Waals surface area contributed by atoms with Crippen LogP contribution in [0.4, 0.5) is 17.2 Å². The number of pyridine rings is 2. The average molecular weight is 440 g/mol. The summed E-state index contributed by atoms with van der Waals surface area (Å²) in [6, 6.07) is 12.4. The van der Waals surface area contributed by atoms with E-state index < -0.39 is 5.60 Å². The Morgan fingerprint density at radius 1 is 1.03 bits per heavy atom. The highest BCUT2D eigenvalue weighted by molar-refractivity contribution is 5.86. The summed E-state index contributed by atoms with van der Waals surface area (Å²) < 4.78 is 2.02. The molecule has 0 bridgehead atoms. The van der Waals surface area contributed by atoms with E-state index in [-0.39, 0.29) is 0 Å². The van der Waals surface area contributed by atoms with Crippen molar-refractivity contribution in [1.82, 2.24) is 24.6 Å². The Balaban J connectivity index is 1.29. The highest BCUT2D eigenvalue weighted by atomic mass is 16.3. The molecule has 3 N–H and O–H groups in total. The van der Waals surface area contributed by atoms with Crippen LogP contribution in [-0.4, -0.2) is 48.4 Å². The number of H-pyrrole nitrogens is 1. The number of hydrogen-bond donors (Lipinski definition) is 3. The molecular formula is C25H25N7O. The number of anilines is 3. The molecule has 1 fully saturated rings. The topological polar surface area (TPSA) is 94.4 Å². The first-order valence-corrected chi connectivity index (χ1v) is 11.1. The van der Waals surface area contributed by atoms with Crippen LogP contribution in [0.1, 0.15) is 19.8 Å². The normalized spacial score (nSPS) is 15.9. The van der Waals surface area contributed by atoms with Crippen molar-refractivity contribution >= 4 is 33.7 Å². The molecule has 1 aromatic carbocycles. The Kier molecular flexibility index (Phi) is 4.55. The number of aliphatic hydroxyl groups is 1. The lowest BCUT2D eigenvalue weighted by molar-refractivity contribution is 0.0351. The minimum atomic E-state index is -0.562. The van der Waals surface area contributed by atoms with Gasteiger partial charge in [-0.25, -0.2) is 9.97 Å². The molecule has 166 valence electrons. The number of aromatic nitrogens is 5. The third-order valence-corrected chi connectivity index (χ3v) is 6.48. The highest BCUT2D eigenvalue weighted by Gasteiger charge is 2.27. The van der Waals surface area contributed by atoms with Crippen LogP contribution >= 0.6 is 0 Å². The van der Waals surface area contributed by atoms with Crippen molar-refractivity contribution in [3.8, 4) is 11.1 Å². The van der Waals surface area contributed by atoms with Gasteiger partial charge in [0, 0.05) is 42.6 Å². The van der Waals surface area contributed by atoms with Crippen molar-refractivity contribution in [3.63, 3.8) is 0 Å². The number of nitrogens with zero attached hydrogens (tertiary/aromatic N) is 5. The van der Waals surface area contributed by atoms with Crippen LogP contribution in [0.15, 0.2) is 67.4 Å². The second kappa shape index (κ2) is 7.60. The second-order valence-electron chi connectivity index (χ2n) is 8.98. The first kappa shape index (κ1) is 19.8. The number of aromatic amines is 1. The monoisotopic (exact) mass is 439 g/mol. The lowest BCUT2D eigenvalue weighted by atomic mass is 9.94. The first-order chi connectivity index (χ1) is 16.0. The van der Waals surface area contributed by atoms with Crippen LogP contribution in [0.2, 0.25) is 0 Å². The van der Waals surface area contributed by atoms with Gasteiger partial charge in [0.25, 0.3) is 0 Å². The summed E-state index contributed by atoms with van der Waals surface area (Å²) >= 11 is 0. The van der Waals surface area contributed by atoms with E-state index in [1.54, 1.807) is 6.20 Å². The predicted molar refractivity (Wildman–Crippen MR) is 130 cm³/mol. The first-order valence-electron chi connectivity index (χ1n) is 11.1. The quantitative estimate of drug-likeness (QED) is 0.385. The minimum Gasteiger partial charge on any atom is -0.390 e. The van der Waals surface area contributed by atoms with Gasteiger partial charge in [-0.15, -0.1) is 0 Å². The molecule has 0 saturated carbocycles. The summed E-state index contributed by atoms with van der Waals surface area (Å²) in [6.07, 6.45) is 11.1. The van der Waals surface area contributed by atoms with Gasteiger partial charge in [0.1, 0.15) is 5.82 Å². The van der Waals surface area contributed by atoms with Gasteiger partial charge >= 0.3 is 0 Å². The summed E-state index contributed by atoms with van der Waals surface area (Å²) in [5, 5.41) is 21.9. The highest BCUT2D eigenvalue weighted by Crippen LogP contribution is 2.30. The number of fused-ring (bicyclic) bond motifs is 2. The maximum Gasteiger partial charge on any atom is 0.160 e. The fourth-order valence-electron chi connectivity index (χ4n) is 4.43. The molecule has 0 atom stereocenters. The summed E-state index contributed by atoms with van der Waals surface area (Å²) in [4.78, 5) is 11.4. The number of imidazole rings is 1. The van der Waals surface area contributed by atoms with E-state index in [4.69, 9.17) is 0 Å². The zero-order valence-electron chi connectivity index (χ0n) is 18.4. The van der Waals surface area contributed by atoms with Crippen molar-refractivity contribution in [2.75, 3.05) is 23.3 Å². The fraction of sp³-hybridized carbons (Fsp3) is 0.240. The van der Waals surface area contributed by atoms with Gasteiger partial charge in [0.05, 0.1) is 34.9 Å². The molecule has 33 heavy (non-hydrogen) atoms. The van der Waals surface area contributed by atoms with E-state index in [0.29, 0.717) is 0 Å². The van der Waals surface area contributed by atoms with Crippen molar-refractivity contribution in [3.05, 3.63) is 67.4 Å². The number of rotatable bonds is 4. The average Bonchev–Trinajstić information content (AvgIpc) is 3.48. The Morgan fingerprint density at radius 3 is 2.73 bits per heavy atom. The molecule has 8 nitrogen and oxygen atoms in total. The van der Waals surface area contributed by atoms with E-state index >= 15 is 0 Å². The Labute approximate surface area is 190 Å². The molecular weight excluding hydrogens is 414 g/mol. The molecule has 8 heteroatoms. The molecule has 0 amide bonds. The van der Waals surface area contributed by atoms with Gasteiger partial charge in [-0.2, -0.15) is 5.10 Å². The number of hydrogen-bond acceptors (Lipinski definition) is 6. The van der Waals surface area contributed by atoms with Crippen LogP contribution in [0.5, 0.6) is 0 Å². The molecule has 4 aromatic heterocycles. The summed E-state index contributed by atoms with van der Waals surface area (Å²) in [5.74, 6) is 0.758. The van der Waals surface area contributed by atoms with Gasteiger partial charge in [0.15, 0.2) is 5.65 Å². The third-order valence-electron chi connectivity index (χ3n) is 6.48. The van der Waals surface area contributed by atoms with Crippen LogP contribution in [0, 0.1) is 0 Å². The molecule has 0 spiro atoms. The van der Waals surface area contributed by atoms with Gasteiger partial charge in [0.2, 0.25) is 0 Å². The number of nitrogens with one attached hydrogen (secondary N) is 2. The SMILES string of the molecule is CC1(O)CCN(c2ccc(Nc3cc(-c4ccc5cn[nH]c5c4)cn4ccnc34)nc2)CC1. The standard InChI is InChI=1S/C25H25N7O/c1-25(33)6-9-31(10-7-25)20-4-5-23(27-15-20)29-22-13-19(16-32-11-8-26-24(22)32)17-2-3-18-14-28-30-21(18)12-17/h2-5,8,11-16,33H,6-7,9-10H2,1H3,(H,27,29)(H,28,30). The minimum absolute atomic E-state index is 0.562. The zero-order valence-corrected chi connectivity index (χ0v) is 18.4. The zero-order chi connectivity index (χ0) is 22.4. The van der Waals surface area contributed by atoms with Crippen LogP contribution in [-0.2, 0) is 0 Å². The molecule has 5 aromatic rings. The maximum absolute atomic E-state index is 10.2. The summed E-state index contributed by atoms with van der Waals surface area (Å²) in [7, 11) is 0. The molecule has 5 heterocycles. The van der Waals surface area contributed by atoms with E-state index in [1.165, 1.54) is 0 Å². The number of piperidine rings is 1. The third kappa shape index (κ3) is 3.78. The van der Waals surface area contributed by atoms with Crippen LogP contribution < -0.4 is 10.2 Å². The smallest absolute Gasteiger partial charge is 0.160 e. The van der Waals surface area contributed by atoms with Crippen molar-refractivity contribution < 1.29 is 5.11 Å². The summed E-state index contributed by atoms with van der Waals surface area (Å²) in [6.45, 7) is 3.57. The Morgan fingerprint density at radius 2 is 1.91 bits per heavy atom. The van der Waals surface area contributed by atoms with Gasteiger partial charge in [-0.05, 0) is 49.6 Å². The Bertz CT molecular complexity index is 1420. The molecule has 0 radical (unpaired) electrons. The van der Waals surface area contributed by atoms with E-state index in [0.717, 1.165) is 70.8 Å². The predicted octanol–water partition coefficient (Wildman–Crippen LogP) is 4.37. The Hall–Kier alpha value is -3.91. The van der Waals surface area contributed by atoms with Gasteiger partial charge < -0.3 is 19.7 Å². The number of benzene rings is 1. The largest absolute Gasteiger partial charge is 0.390 e. The molecule has 0 aliphatic carbocycles.